The maximum atomic E-state index is 11.6. The molecule has 0 aliphatic rings. The molecule has 1 aromatic carbocycles. The van der Waals surface area contributed by atoms with Crippen LogP contribution in [0.4, 0.5) is 0 Å². The van der Waals surface area contributed by atoms with Gasteiger partial charge >= 0.3 is 5.97 Å². The van der Waals surface area contributed by atoms with Crippen molar-refractivity contribution in [1.82, 2.24) is 5.32 Å². The fourth-order valence-electron chi connectivity index (χ4n) is 1.45. The third-order valence-electron chi connectivity index (χ3n) is 2.32. The highest BCUT2D eigenvalue weighted by atomic mass is 35.5. The molecule has 0 heterocycles. The number of hydrogen-bond donors (Lipinski definition) is 2. The number of rotatable bonds is 6. The Balaban J connectivity index is 2.87. The van der Waals surface area contributed by atoms with Crippen LogP contribution >= 0.6 is 11.6 Å². The summed E-state index contributed by atoms with van der Waals surface area (Å²) in [6, 6.07) is 5.19. The van der Waals surface area contributed by atoms with Gasteiger partial charge in [0.1, 0.15) is 6.10 Å². The Kier molecular flexibility index (Phi) is 5.61. The Labute approximate surface area is 110 Å². The van der Waals surface area contributed by atoms with Gasteiger partial charge in [-0.1, -0.05) is 23.7 Å². The molecule has 0 bridgehead atoms. The molecule has 2 N–H and O–H groups in total. The number of benzene rings is 1. The maximum Gasteiger partial charge on any atom is 0.331 e. The van der Waals surface area contributed by atoms with E-state index >= 15 is 0 Å². The fourth-order valence-corrected chi connectivity index (χ4v) is 1.57. The van der Waals surface area contributed by atoms with E-state index in [1.165, 1.54) is 0 Å². The molecule has 5 nitrogen and oxygen atoms in total. The van der Waals surface area contributed by atoms with Crippen molar-refractivity contribution in [2.45, 2.75) is 19.1 Å². The summed E-state index contributed by atoms with van der Waals surface area (Å²) in [6.45, 7) is 1.81. The average Bonchev–Trinajstić information content (AvgIpc) is 2.36. The van der Waals surface area contributed by atoms with E-state index in [-0.39, 0.29) is 6.61 Å². The van der Waals surface area contributed by atoms with Crippen LogP contribution < -0.4 is 5.32 Å². The largest absolute Gasteiger partial charge is 0.464 e. The van der Waals surface area contributed by atoms with Crippen molar-refractivity contribution >= 4 is 24.0 Å². The van der Waals surface area contributed by atoms with Crippen molar-refractivity contribution in [2.24, 2.45) is 0 Å². The number of amides is 1. The normalized spacial score (nSPS) is 13.5. The van der Waals surface area contributed by atoms with Crippen molar-refractivity contribution in [2.75, 3.05) is 6.61 Å². The predicted molar refractivity (Wildman–Crippen MR) is 66.0 cm³/mol. The summed E-state index contributed by atoms with van der Waals surface area (Å²) in [6.07, 6.45) is -0.840. The highest BCUT2D eigenvalue weighted by Crippen LogP contribution is 2.20. The quantitative estimate of drug-likeness (QED) is 0.599. The van der Waals surface area contributed by atoms with E-state index in [2.05, 4.69) is 5.32 Å². The van der Waals surface area contributed by atoms with Crippen LogP contribution in [0.15, 0.2) is 24.3 Å². The number of aliphatic hydroxyl groups is 1. The minimum atomic E-state index is -1.19. The van der Waals surface area contributed by atoms with E-state index in [0.717, 1.165) is 0 Å². The smallest absolute Gasteiger partial charge is 0.331 e. The molecular weight excluding hydrogens is 258 g/mol. The molecule has 0 aliphatic carbocycles. The van der Waals surface area contributed by atoms with Gasteiger partial charge in [-0.25, -0.2) is 4.79 Å². The topological polar surface area (TPSA) is 75.6 Å². The van der Waals surface area contributed by atoms with Crippen LogP contribution in [0.1, 0.15) is 18.6 Å². The van der Waals surface area contributed by atoms with Gasteiger partial charge in [-0.2, -0.15) is 0 Å². The molecule has 0 saturated carbocycles. The molecule has 98 valence electrons. The molecule has 18 heavy (non-hydrogen) atoms. The molecule has 1 amide bonds. The third-order valence-corrected chi connectivity index (χ3v) is 2.57. The molecule has 0 spiro atoms. The van der Waals surface area contributed by atoms with Gasteiger partial charge in [0.05, 0.1) is 6.61 Å². The van der Waals surface area contributed by atoms with Gasteiger partial charge in [0.15, 0.2) is 6.04 Å². The van der Waals surface area contributed by atoms with Crippen molar-refractivity contribution < 1.29 is 19.4 Å². The molecule has 2 atom stereocenters. The Morgan fingerprint density at radius 1 is 1.50 bits per heavy atom. The second-order valence-corrected chi connectivity index (χ2v) is 3.95. The van der Waals surface area contributed by atoms with Crippen LogP contribution in [-0.2, 0) is 14.3 Å². The fraction of sp³-hybridized carbons (Fsp3) is 0.333. The average molecular weight is 272 g/mol. The Bertz CT molecular complexity index is 407. The number of hydrogen-bond acceptors (Lipinski definition) is 4. The minimum absolute atomic E-state index is 0.170. The molecule has 0 aliphatic heterocycles. The van der Waals surface area contributed by atoms with Gasteiger partial charge in [-0.15, -0.1) is 0 Å². The highest BCUT2D eigenvalue weighted by molar-refractivity contribution is 6.30. The van der Waals surface area contributed by atoms with E-state index in [1.807, 2.05) is 0 Å². The zero-order chi connectivity index (χ0) is 13.5. The maximum absolute atomic E-state index is 11.6. The van der Waals surface area contributed by atoms with Crippen molar-refractivity contribution in [1.29, 1.82) is 0 Å². The SMILES string of the molecule is CCOC(=O)C(NC=O)C(O)c1ccc(Cl)cc1. The number of nitrogens with one attached hydrogen (secondary N) is 1. The summed E-state index contributed by atoms with van der Waals surface area (Å²) in [4.78, 5) is 22.0. The second kappa shape index (κ2) is 6.98. The van der Waals surface area contributed by atoms with Crippen molar-refractivity contribution in [3.8, 4) is 0 Å². The molecule has 0 saturated heterocycles. The first-order valence-electron chi connectivity index (χ1n) is 5.40. The first-order valence-corrected chi connectivity index (χ1v) is 5.77. The third kappa shape index (κ3) is 3.72. The molecule has 6 heteroatoms. The number of esters is 1. The zero-order valence-corrected chi connectivity index (χ0v) is 10.6. The highest BCUT2D eigenvalue weighted by Gasteiger charge is 2.28. The summed E-state index contributed by atoms with van der Waals surface area (Å²) in [7, 11) is 0. The van der Waals surface area contributed by atoms with E-state index < -0.39 is 18.1 Å². The number of halogens is 1. The van der Waals surface area contributed by atoms with Gasteiger partial charge in [0.25, 0.3) is 0 Å². The first kappa shape index (κ1) is 14.5. The first-order chi connectivity index (χ1) is 8.60. The number of carbonyl (C=O) groups is 2. The van der Waals surface area contributed by atoms with Crippen LogP contribution in [0.3, 0.4) is 0 Å². The van der Waals surface area contributed by atoms with Crippen LogP contribution in [0.2, 0.25) is 5.02 Å². The minimum Gasteiger partial charge on any atom is -0.464 e. The van der Waals surface area contributed by atoms with E-state index in [0.29, 0.717) is 17.0 Å². The van der Waals surface area contributed by atoms with Crippen LogP contribution in [0, 0.1) is 0 Å². The molecule has 0 aromatic heterocycles. The Morgan fingerprint density at radius 2 is 2.11 bits per heavy atom. The molecular formula is C12H14ClNO4. The molecule has 0 fully saturated rings. The Hall–Kier alpha value is -1.59. The van der Waals surface area contributed by atoms with Crippen LogP contribution in [0.5, 0.6) is 0 Å². The molecule has 1 aromatic rings. The standard InChI is InChI=1S/C12H14ClNO4/c1-2-18-12(17)10(14-7-15)11(16)8-3-5-9(13)6-4-8/h3-7,10-11,16H,2H2,1H3,(H,14,15). The summed E-state index contributed by atoms with van der Waals surface area (Å²) >= 11 is 5.72. The lowest BCUT2D eigenvalue weighted by Gasteiger charge is -2.20. The second-order valence-electron chi connectivity index (χ2n) is 3.51. The van der Waals surface area contributed by atoms with Gasteiger partial charge in [-0.05, 0) is 24.6 Å². The molecule has 1 rings (SSSR count). The van der Waals surface area contributed by atoms with E-state index in [1.54, 1.807) is 31.2 Å². The van der Waals surface area contributed by atoms with Gasteiger partial charge in [0, 0.05) is 5.02 Å². The van der Waals surface area contributed by atoms with Crippen LogP contribution in [-0.4, -0.2) is 30.1 Å². The van der Waals surface area contributed by atoms with E-state index in [9.17, 15) is 14.7 Å². The van der Waals surface area contributed by atoms with Gasteiger partial charge in [0.2, 0.25) is 6.41 Å². The molecule has 2 unspecified atom stereocenters. The summed E-state index contributed by atoms with van der Waals surface area (Å²) in [5, 5.41) is 12.8. The van der Waals surface area contributed by atoms with Gasteiger partial charge < -0.3 is 15.2 Å². The summed E-state index contributed by atoms with van der Waals surface area (Å²) in [5.41, 5.74) is 0.465. The van der Waals surface area contributed by atoms with Gasteiger partial charge in [-0.3, -0.25) is 4.79 Å². The van der Waals surface area contributed by atoms with Crippen molar-refractivity contribution in [3.63, 3.8) is 0 Å². The monoisotopic (exact) mass is 271 g/mol. The number of aliphatic hydroxyl groups excluding tert-OH is 1. The lowest BCUT2D eigenvalue weighted by molar-refractivity contribution is -0.149. The van der Waals surface area contributed by atoms with E-state index in [4.69, 9.17) is 16.3 Å². The zero-order valence-electron chi connectivity index (χ0n) is 9.80. The Morgan fingerprint density at radius 3 is 2.61 bits per heavy atom. The lowest BCUT2D eigenvalue weighted by atomic mass is 10.0. The van der Waals surface area contributed by atoms with Crippen molar-refractivity contribution in [3.05, 3.63) is 34.9 Å². The number of ether oxygens (including phenoxy) is 1. The number of carbonyl (C=O) groups excluding carboxylic acids is 2. The summed E-state index contributed by atoms with van der Waals surface area (Å²) < 4.78 is 4.78. The lowest BCUT2D eigenvalue weighted by Crippen LogP contribution is -2.42. The van der Waals surface area contributed by atoms with Crippen LogP contribution in [0.25, 0.3) is 0 Å². The molecule has 0 radical (unpaired) electrons. The summed E-state index contributed by atoms with van der Waals surface area (Å²) in [5.74, 6) is -0.688. The predicted octanol–water partition coefficient (Wildman–Crippen LogP) is 1.05.